The molecule has 122 valence electrons. The number of nitrogens with two attached hydrogens (primary N) is 1. The summed E-state index contributed by atoms with van der Waals surface area (Å²) in [6.45, 7) is 10.1. The molecule has 1 aliphatic heterocycles. The Morgan fingerprint density at radius 2 is 2.18 bits per heavy atom. The number of allylic oxidation sites excluding steroid dienone is 4. The fraction of sp³-hybridized carbons (Fsp3) is 0.471. The summed E-state index contributed by atoms with van der Waals surface area (Å²) >= 11 is 0. The van der Waals surface area contributed by atoms with Crippen LogP contribution in [0, 0.1) is 0 Å². The van der Waals surface area contributed by atoms with Crippen molar-refractivity contribution in [1.82, 2.24) is 10.2 Å². The van der Waals surface area contributed by atoms with Crippen molar-refractivity contribution >= 4 is 5.96 Å². The minimum atomic E-state index is 0.132. The van der Waals surface area contributed by atoms with Crippen molar-refractivity contribution in [3.63, 3.8) is 0 Å². The van der Waals surface area contributed by atoms with E-state index >= 15 is 0 Å². The maximum Gasteiger partial charge on any atom is 0.193 e. The van der Waals surface area contributed by atoms with Crippen molar-refractivity contribution in [2.24, 2.45) is 10.7 Å². The molecule has 0 aliphatic carbocycles. The zero-order valence-corrected chi connectivity index (χ0v) is 13.9. The van der Waals surface area contributed by atoms with Crippen LogP contribution in [0.3, 0.4) is 0 Å². The predicted octanol–water partition coefficient (Wildman–Crippen LogP) is 2.16. The van der Waals surface area contributed by atoms with E-state index in [0.29, 0.717) is 12.6 Å². The molecule has 1 saturated heterocycles. The van der Waals surface area contributed by atoms with Crippen LogP contribution in [-0.4, -0.2) is 43.7 Å². The summed E-state index contributed by atoms with van der Waals surface area (Å²) in [5.41, 5.74) is 7.02. The van der Waals surface area contributed by atoms with Crippen molar-refractivity contribution in [3.05, 3.63) is 48.4 Å². The van der Waals surface area contributed by atoms with Gasteiger partial charge in [0.05, 0.1) is 12.6 Å². The van der Waals surface area contributed by atoms with Gasteiger partial charge in [0.1, 0.15) is 5.82 Å². The third-order valence-electron chi connectivity index (χ3n) is 3.56. The zero-order chi connectivity index (χ0) is 16.4. The van der Waals surface area contributed by atoms with E-state index in [1.807, 2.05) is 26.0 Å². The molecule has 22 heavy (non-hydrogen) atoms. The summed E-state index contributed by atoms with van der Waals surface area (Å²) in [4.78, 5) is 6.26. The molecule has 0 aromatic rings. The van der Waals surface area contributed by atoms with E-state index in [9.17, 15) is 0 Å². The molecule has 0 saturated carbocycles. The molecule has 5 heteroatoms. The first-order valence-electron chi connectivity index (χ1n) is 7.63. The van der Waals surface area contributed by atoms with Crippen LogP contribution in [0.1, 0.15) is 20.3 Å². The van der Waals surface area contributed by atoms with Crippen LogP contribution in [0.5, 0.6) is 0 Å². The van der Waals surface area contributed by atoms with Gasteiger partial charge in [0.25, 0.3) is 0 Å². The Morgan fingerprint density at radius 1 is 1.41 bits per heavy atom. The van der Waals surface area contributed by atoms with E-state index in [1.165, 1.54) is 5.57 Å². The third kappa shape index (κ3) is 5.07. The largest absolute Gasteiger partial charge is 0.379 e. The molecule has 3 N–H and O–H groups in total. The SMILES string of the molecule is C=C/C=C\C(=C/C)C1COCCCN1/C(=C/C)NC(N)=NC. The second kappa shape index (κ2) is 9.84. The van der Waals surface area contributed by atoms with Gasteiger partial charge in [-0.05, 0) is 31.9 Å². The Hall–Kier alpha value is -2.01. The van der Waals surface area contributed by atoms with Gasteiger partial charge in [-0.15, -0.1) is 0 Å². The molecular weight excluding hydrogens is 276 g/mol. The topological polar surface area (TPSA) is 62.9 Å². The van der Waals surface area contributed by atoms with E-state index in [0.717, 1.165) is 25.4 Å². The van der Waals surface area contributed by atoms with E-state index in [-0.39, 0.29) is 6.04 Å². The highest BCUT2D eigenvalue weighted by Crippen LogP contribution is 2.20. The number of nitrogens with one attached hydrogen (secondary N) is 1. The Morgan fingerprint density at radius 3 is 2.77 bits per heavy atom. The molecule has 1 aliphatic rings. The number of nitrogens with zero attached hydrogens (tertiary/aromatic N) is 2. The average Bonchev–Trinajstić information content (AvgIpc) is 2.79. The smallest absolute Gasteiger partial charge is 0.193 e. The van der Waals surface area contributed by atoms with Crippen LogP contribution >= 0.6 is 0 Å². The highest BCUT2D eigenvalue weighted by atomic mass is 16.5. The van der Waals surface area contributed by atoms with Crippen molar-refractivity contribution in [2.75, 3.05) is 26.8 Å². The Kier molecular flexibility index (Phi) is 8.07. The number of hydrogen-bond acceptors (Lipinski definition) is 3. The van der Waals surface area contributed by atoms with Crippen LogP contribution in [0.15, 0.2) is 53.3 Å². The Balaban J connectivity index is 3.08. The standard InChI is InChI=1S/C17H28N4O/c1-5-8-10-14(6-2)15-13-22-12-9-11-21(15)16(7-3)20-17(18)19-4/h5-8,10,15H,1,9,11-13H2,2-4H3,(H3,18,19,20)/b10-8-,14-6+,16-7+. The molecule has 5 nitrogen and oxygen atoms in total. The summed E-state index contributed by atoms with van der Waals surface area (Å²) in [6, 6.07) is 0.132. The first-order valence-corrected chi connectivity index (χ1v) is 7.63. The number of hydrogen-bond donors (Lipinski definition) is 2. The minimum Gasteiger partial charge on any atom is -0.379 e. The van der Waals surface area contributed by atoms with E-state index < -0.39 is 0 Å². The first-order chi connectivity index (χ1) is 10.7. The lowest BCUT2D eigenvalue weighted by molar-refractivity contribution is 0.123. The van der Waals surface area contributed by atoms with Gasteiger partial charge in [-0.3, -0.25) is 4.99 Å². The van der Waals surface area contributed by atoms with Crippen LogP contribution in [0.2, 0.25) is 0 Å². The second-order valence-corrected chi connectivity index (χ2v) is 4.93. The number of aliphatic imine (C=N–C) groups is 1. The van der Waals surface area contributed by atoms with Crippen LogP contribution in [0.4, 0.5) is 0 Å². The lowest BCUT2D eigenvalue weighted by atomic mass is 10.0. The Bertz CT molecular complexity index is 477. The third-order valence-corrected chi connectivity index (χ3v) is 3.56. The Labute approximate surface area is 133 Å². The molecule has 0 amide bonds. The van der Waals surface area contributed by atoms with Crippen molar-refractivity contribution < 1.29 is 4.74 Å². The van der Waals surface area contributed by atoms with E-state index in [1.54, 1.807) is 13.1 Å². The van der Waals surface area contributed by atoms with Crippen LogP contribution < -0.4 is 11.1 Å². The quantitative estimate of drug-likeness (QED) is 0.464. The van der Waals surface area contributed by atoms with Gasteiger partial charge in [-0.25, -0.2) is 0 Å². The van der Waals surface area contributed by atoms with E-state index in [4.69, 9.17) is 10.5 Å². The molecule has 0 spiro atoms. The minimum absolute atomic E-state index is 0.132. The molecule has 1 fully saturated rings. The first kappa shape index (κ1) is 18.0. The molecule has 0 radical (unpaired) electrons. The van der Waals surface area contributed by atoms with Crippen molar-refractivity contribution in [2.45, 2.75) is 26.3 Å². The molecule has 1 atom stereocenters. The fourth-order valence-corrected chi connectivity index (χ4v) is 2.42. The van der Waals surface area contributed by atoms with Gasteiger partial charge in [-0.1, -0.05) is 30.9 Å². The summed E-state index contributed by atoms with van der Waals surface area (Å²) in [7, 11) is 1.67. The van der Waals surface area contributed by atoms with Gasteiger partial charge in [0, 0.05) is 20.2 Å². The lowest BCUT2D eigenvalue weighted by Gasteiger charge is -2.34. The molecule has 1 rings (SSSR count). The number of ether oxygens (including phenoxy) is 1. The monoisotopic (exact) mass is 304 g/mol. The van der Waals surface area contributed by atoms with Crippen LogP contribution in [-0.2, 0) is 4.74 Å². The normalized spacial score (nSPS) is 21.9. The summed E-state index contributed by atoms with van der Waals surface area (Å²) in [6.07, 6.45) is 10.9. The lowest BCUT2D eigenvalue weighted by Crippen LogP contribution is -2.45. The molecule has 0 bridgehead atoms. The zero-order valence-electron chi connectivity index (χ0n) is 13.9. The highest BCUT2D eigenvalue weighted by molar-refractivity contribution is 5.79. The van der Waals surface area contributed by atoms with Gasteiger partial charge >= 0.3 is 0 Å². The summed E-state index contributed by atoms with van der Waals surface area (Å²) in [5, 5.41) is 3.17. The molecule has 0 aromatic carbocycles. The molecule has 0 aromatic heterocycles. The number of guanidine groups is 1. The second-order valence-electron chi connectivity index (χ2n) is 4.93. The molecular formula is C17H28N4O. The van der Waals surface area contributed by atoms with Crippen LogP contribution in [0.25, 0.3) is 0 Å². The summed E-state index contributed by atoms with van der Waals surface area (Å²) < 4.78 is 5.77. The summed E-state index contributed by atoms with van der Waals surface area (Å²) in [5.74, 6) is 1.35. The van der Waals surface area contributed by atoms with Gasteiger partial charge in [0.2, 0.25) is 0 Å². The molecule has 1 unspecified atom stereocenters. The average molecular weight is 304 g/mol. The number of rotatable bonds is 5. The maximum absolute atomic E-state index is 5.83. The van der Waals surface area contributed by atoms with Gasteiger partial charge < -0.3 is 20.7 Å². The highest BCUT2D eigenvalue weighted by Gasteiger charge is 2.25. The fourth-order valence-electron chi connectivity index (χ4n) is 2.42. The predicted molar refractivity (Wildman–Crippen MR) is 93.5 cm³/mol. The van der Waals surface area contributed by atoms with E-state index in [2.05, 4.69) is 33.9 Å². The van der Waals surface area contributed by atoms with Crippen molar-refractivity contribution in [1.29, 1.82) is 0 Å². The van der Waals surface area contributed by atoms with Gasteiger partial charge in [-0.2, -0.15) is 0 Å². The van der Waals surface area contributed by atoms with Gasteiger partial charge in [0.15, 0.2) is 5.96 Å². The van der Waals surface area contributed by atoms with Crippen molar-refractivity contribution in [3.8, 4) is 0 Å². The maximum atomic E-state index is 5.83. The molecule has 1 heterocycles.